The number of rotatable bonds is 7. The van der Waals surface area contributed by atoms with Crippen LogP contribution in [0.15, 0.2) is 24.3 Å². The Labute approximate surface area is 98.9 Å². The van der Waals surface area contributed by atoms with Gasteiger partial charge in [-0.25, -0.2) is 0 Å². The number of hydrogen-bond acceptors (Lipinski definition) is 2. The summed E-state index contributed by atoms with van der Waals surface area (Å²) in [7, 11) is -2.04. The SMILES string of the molecule is CCCCCO[PH](=O)c1ccccc1CC. The second-order valence-corrected chi connectivity index (χ2v) is 5.26. The zero-order valence-electron chi connectivity index (χ0n) is 10.2. The third-order valence-electron chi connectivity index (χ3n) is 2.60. The third-order valence-corrected chi connectivity index (χ3v) is 3.99. The highest BCUT2D eigenvalue weighted by atomic mass is 31.1. The zero-order valence-corrected chi connectivity index (χ0v) is 11.2. The zero-order chi connectivity index (χ0) is 11.8. The first-order valence-electron chi connectivity index (χ1n) is 6.04. The fourth-order valence-corrected chi connectivity index (χ4v) is 2.86. The van der Waals surface area contributed by atoms with Crippen molar-refractivity contribution in [3.63, 3.8) is 0 Å². The average Bonchev–Trinajstić information content (AvgIpc) is 2.34. The van der Waals surface area contributed by atoms with Crippen LogP contribution >= 0.6 is 8.03 Å². The van der Waals surface area contributed by atoms with E-state index in [0.29, 0.717) is 6.61 Å². The Bertz CT molecular complexity index is 336. The van der Waals surface area contributed by atoms with E-state index >= 15 is 0 Å². The van der Waals surface area contributed by atoms with Gasteiger partial charge in [-0.15, -0.1) is 0 Å². The molecule has 1 unspecified atom stereocenters. The molecule has 90 valence electrons. The van der Waals surface area contributed by atoms with Gasteiger partial charge in [0.2, 0.25) is 8.03 Å². The van der Waals surface area contributed by atoms with E-state index in [0.717, 1.165) is 36.6 Å². The van der Waals surface area contributed by atoms with Crippen molar-refractivity contribution in [2.75, 3.05) is 6.61 Å². The lowest BCUT2D eigenvalue weighted by Crippen LogP contribution is -2.05. The fraction of sp³-hybridized carbons (Fsp3) is 0.538. The maximum atomic E-state index is 12.0. The van der Waals surface area contributed by atoms with Crippen LogP contribution in [0.1, 0.15) is 38.7 Å². The first-order chi connectivity index (χ1) is 7.79. The number of hydrogen-bond donors (Lipinski definition) is 0. The second kappa shape index (κ2) is 7.65. The quantitative estimate of drug-likeness (QED) is 0.538. The molecule has 0 aliphatic carbocycles. The molecular weight excluding hydrogens is 219 g/mol. The Balaban J connectivity index is 2.52. The molecule has 0 saturated carbocycles. The lowest BCUT2D eigenvalue weighted by molar-refractivity contribution is 0.323. The van der Waals surface area contributed by atoms with E-state index in [4.69, 9.17) is 4.52 Å². The van der Waals surface area contributed by atoms with Crippen molar-refractivity contribution < 1.29 is 9.09 Å². The summed E-state index contributed by atoms with van der Waals surface area (Å²) in [5, 5.41) is 0.895. The van der Waals surface area contributed by atoms with Crippen molar-refractivity contribution in [2.45, 2.75) is 39.5 Å². The number of unbranched alkanes of at least 4 members (excludes halogenated alkanes) is 2. The molecule has 1 aromatic rings. The molecule has 0 fully saturated rings. The molecule has 2 nitrogen and oxygen atoms in total. The molecule has 1 atom stereocenters. The highest BCUT2D eigenvalue weighted by Crippen LogP contribution is 2.24. The summed E-state index contributed by atoms with van der Waals surface area (Å²) in [5.41, 5.74) is 1.14. The largest absolute Gasteiger partial charge is 0.327 e. The molecule has 0 aromatic heterocycles. The first kappa shape index (κ1) is 13.5. The van der Waals surface area contributed by atoms with Gasteiger partial charge in [-0.1, -0.05) is 44.9 Å². The molecule has 0 N–H and O–H groups in total. The summed E-state index contributed by atoms with van der Waals surface area (Å²) in [4.78, 5) is 0. The van der Waals surface area contributed by atoms with Gasteiger partial charge in [0.05, 0.1) is 6.61 Å². The smallest absolute Gasteiger partial charge is 0.220 e. The minimum atomic E-state index is -2.04. The molecule has 1 aromatic carbocycles. The standard InChI is InChI=1S/C13H21O2P/c1-3-5-8-11-15-16(14)13-10-7-6-9-12(13)4-2/h6-7,9-10,16H,3-5,8,11H2,1-2H3. The average molecular weight is 240 g/mol. The molecule has 1 rings (SSSR count). The first-order valence-corrected chi connectivity index (χ1v) is 7.36. The van der Waals surface area contributed by atoms with E-state index < -0.39 is 8.03 Å². The van der Waals surface area contributed by atoms with Crippen LogP contribution in [0, 0.1) is 0 Å². The van der Waals surface area contributed by atoms with E-state index in [-0.39, 0.29) is 0 Å². The van der Waals surface area contributed by atoms with Gasteiger partial charge in [-0.3, -0.25) is 4.57 Å². The molecule has 0 saturated heterocycles. The van der Waals surface area contributed by atoms with E-state index in [1.54, 1.807) is 0 Å². The van der Waals surface area contributed by atoms with Gasteiger partial charge in [0.15, 0.2) is 0 Å². The van der Waals surface area contributed by atoms with Crippen LogP contribution in [0.3, 0.4) is 0 Å². The van der Waals surface area contributed by atoms with Crippen LogP contribution in [0.4, 0.5) is 0 Å². The van der Waals surface area contributed by atoms with Crippen molar-refractivity contribution >= 4 is 13.3 Å². The van der Waals surface area contributed by atoms with Crippen LogP contribution < -0.4 is 5.30 Å². The fourth-order valence-electron chi connectivity index (χ4n) is 1.62. The van der Waals surface area contributed by atoms with Crippen molar-refractivity contribution in [2.24, 2.45) is 0 Å². The Morgan fingerprint density at radius 2 is 1.94 bits per heavy atom. The summed E-state index contributed by atoms with van der Waals surface area (Å²) < 4.78 is 17.4. The van der Waals surface area contributed by atoms with Gasteiger partial charge in [0.25, 0.3) is 0 Å². The van der Waals surface area contributed by atoms with Crippen LogP contribution in [0.5, 0.6) is 0 Å². The minimum Gasteiger partial charge on any atom is -0.327 e. The molecular formula is C13H21O2P. The van der Waals surface area contributed by atoms with Crippen molar-refractivity contribution in [1.82, 2.24) is 0 Å². The Kier molecular flexibility index (Phi) is 6.44. The van der Waals surface area contributed by atoms with Crippen molar-refractivity contribution in [1.29, 1.82) is 0 Å². The summed E-state index contributed by atoms with van der Waals surface area (Å²) in [6, 6.07) is 7.84. The lowest BCUT2D eigenvalue weighted by Gasteiger charge is -2.08. The highest BCUT2D eigenvalue weighted by molar-refractivity contribution is 7.48. The predicted octanol–water partition coefficient (Wildman–Crippen LogP) is 3.56. The van der Waals surface area contributed by atoms with Crippen molar-refractivity contribution in [3.05, 3.63) is 29.8 Å². The van der Waals surface area contributed by atoms with Gasteiger partial charge in [0.1, 0.15) is 0 Å². The van der Waals surface area contributed by atoms with Crippen molar-refractivity contribution in [3.8, 4) is 0 Å². The molecule has 0 aliphatic rings. The molecule has 0 heterocycles. The minimum absolute atomic E-state index is 0.615. The van der Waals surface area contributed by atoms with E-state index in [1.165, 1.54) is 0 Å². The predicted molar refractivity (Wildman–Crippen MR) is 69.9 cm³/mol. The highest BCUT2D eigenvalue weighted by Gasteiger charge is 2.07. The third kappa shape index (κ3) is 4.11. The molecule has 3 heteroatoms. The molecule has 16 heavy (non-hydrogen) atoms. The van der Waals surface area contributed by atoms with Crippen LogP contribution in [0.25, 0.3) is 0 Å². The molecule has 0 amide bonds. The Morgan fingerprint density at radius 1 is 1.19 bits per heavy atom. The van der Waals surface area contributed by atoms with Crippen LogP contribution in [-0.4, -0.2) is 6.61 Å². The summed E-state index contributed by atoms with van der Waals surface area (Å²) in [5.74, 6) is 0. The maximum Gasteiger partial charge on any atom is 0.220 e. The molecule has 0 radical (unpaired) electrons. The van der Waals surface area contributed by atoms with Gasteiger partial charge < -0.3 is 4.52 Å². The number of benzene rings is 1. The van der Waals surface area contributed by atoms with E-state index in [1.807, 2.05) is 24.3 Å². The van der Waals surface area contributed by atoms with E-state index in [2.05, 4.69) is 13.8 Å². The van der Waals surface area contributed by atoms with Crippen LogP contribution in [0.2, 0.25) is 0 Å². The topological polar surface area (TPSA) is 26.3 Å². The summed E-state index contributed by atoms with van der Waals surface area (Å²) in [6.07, 6.45) is 4.21. The van der Waals surface area contributed by atoms with Crippen LogP contribution in [-0.2, 0) is 15.5 Å². The monoisotopic (exact) mass is 240 g/mol. The van der Waals surface area contributed by atoms with Gasteiger partial charge in [-0.2, -0.15) is 0 Å². The lowest BCUT2D eigenvalue weighted by atomic mass is 10.2. The summed E-state index contributed by atoms with van der Waals surface area (Å²) in [6.45, 7) is 4.84. The Morgan fingerprint density at radius 3 is 2.62 bits per heavy atom. The van der Waals surface area contributed by atoms with Gasteiger partial charge in [-0.05, 0) is 24.5 Å². The molecule has 0 aliphatic heterocycles. The second-order valence-electron chi connectivity index (χ2n) is 3.85. The maximum absolute atomic E-state index is 12.0. The number of aryl methyl sites for hydroxylation is 1. The molecule has 0 bridgehead atoms. The van der Waals surface area contributed by atoms with Gasteiger partial charge in [0, 0.05) is 5.30 Å². The summed E-state index contributed by atoms with van der Waals surface area (Å²) >= 11 is 0. The van der Waals surface area contributed by atoms with E-state index in [9.17, 15) is 4.57 Å². The normalized spacial score (nSPS) is 12.6. The Hall–Kier alpha value is -0.590. The molecule has 0 spiro atoms. The van der Waals surface area contributed by atoms with Gasteiger partial charge >= 0.3 is 0 Å².